The molecular formula is C23H20Cl2N2O4. The number of hydrazone groups is 1. The van der Waals surface area contributed by atoms with Crippen molar-refractivity contribution >= 4 is 35.3 Å². The maximum Gasteiger partial charge on any atom is 0.277 e. The van der Waals surface area contributed by atoms with Crippen molar-refractivity contribution in [3.05, 3.63) is 87.9 Å². The summed E-state index contributed by atoms with van der Waals surface area (Å²) in [4.78, 5) is 11.8. The molecule has 3 aromatic rings. The van der Waals surface area contributed by atoms with Crippen LogP contribution in [-0.2, 0) is 11.4 Å². The van der Waals surface area contributed by atoms with Gasteiger partial charge in [-0.3, -0.25) is 4.79 Å². The average Bonchev–Trinajstić information content (AvgIpc) is 2.78. The van der Waals surface area contributed by atoms with Crippen molar-refractivity contribution < 1.29 is 19.0 Å². The lowest BCUT2D eigenvalue weighted by Gasteiger charge is -2.12. The van der Waals surface area contributed by atoms with Gasteiger partial charge in [0.25, 0.3) is 5.91 Å². The molecule has 0 aliphatic rings. The third kappa shape index (κ3) is 6.91. The van der Waals surface area contributed by atoms with Crippen LogP contribution >= 0.6 is 23.2 Å². The molecule has 0 spiro atoms. The zero-order chi connectivity index (χ0) is 22.1. The van der Waals surface area contributed by atoms with Gasteiger partial charge in [-0.1, -0.05) is 47.5 Å². The molecule has 0 bridgehead atoms. The van der Waals surface area contributed by atoms with Gasteiger partial charge in [-0.15, -0.1) is 0 Å². The predicted molar refractivity (Wildman–Crippen MR) is 121 cm³/mol. The molecular weight excluding hydrogens is 439 g/mol. The summed E-state index contributed by atoms with van der Waals surface area (Å²) in [6.45, 7) is 0.127. The van der Waals surface area contributed by atoms with Gasteiger partial charge >= 0.3 is 0 Å². The van der Waals surface area contributed by atoms with Gasteiger partial charge in [0.2, 0.25) is 0 Å². The van der Waals surface area contributed by atoms with Crippen LogP contribution in [0.15, 0.2) is 71.8 Å². The van der Waals surface area contributed by atoms with Crippen molar-refractivity contribution in [2.24, 2.45) is 5.10 Å². The van der Waals surface area contributed by atoms with Crippen LogP contribution in [0.25, 0.3) is 0 Å². The van der Waals surface area contributed by atoms with Crippen molar-refractivity contribution in [1.82, 2.24) is 5.43 Å². The molecule has 1 amide bonds. The normalized spacial score (nSPS) is 10.7. The number of methoxy groups -OCH3 is 1. The van der Waals surface area contributed by atoms with E-state index >= 15 is 0 Å². The second-order valence-electron chi connectivity index (χ2n) is 6.33. The van der Waals surface area contributed by atoms with Gasteiger partial charge in [0, 0.05) is 15.6 Å². The summed E-state index contributed by atoms with van der Waals surface area (Å²) < 4.78 is 16.6. The lowest BCUT2D eigenvalue weighted by atomic mass is 10.2. The summed E-state index contributed by atoms with van der Waals surface area (Å²) in [5, 5.41) is 5.03. The van der Waals surface area contributed by atoms with E-state index in [0.29, 0.717) is 27.3 Å². The molecule has 6 nitrogen and oxygen atoms in total. The molecule has 0 fully saturated rings. The molecule has 0 unspecified atom stereocenters. The summed E-state index contributed by atoms with van der Waals surface area (Å²) in [5.74, 6) is 1.31. The van der Waals surface area contributed by atoms with E-state index in [4.69, 9.17) is 37.4 Å². The Balaban J connectivity index is 1.54. The number of rotatable bonds is 9. The maximum atomic E-state index is 11.8. The molecule has 160 valence electrons. The Morgan fingerprint density at radius 2 is 1.81 bits per heavy atom. The number of nitrogens with zero attached hydrogens (tertiary/aromatic N) is 1. The van der Waals surface area contributed by atoms with Crippen LogP contribution in [0.3, 0.4) is 0 Å². The topological polar surface area (TPSA) is 69.2 Å². The Morgan fingerprint density at radius 1 is 1.00 bits per heavy atom. The minimum atomic E-state index is -0.369. The third-order valence-electron chi connectivity index (χ3n) is 4.10. The van der Waals surface area contributed by atoms with Crippen molar-refractivity contribution in [2.75, 3.05) is 13.7 Å². The van der Waals surface area contributed by atoms with E-state index in [9.17, 15) is 4.79 Å². The number of carbonyl (C=O) groups is 1. The lowest BCUT2D eigenvalue weighted by molar-refractivity contribution is -0.123. The number of carbonyl (C=O) groups excluding carboxylic acids is 1. The quantitative estimate of drug-likeness (QED) is 0.357. The van der Waals surface area contributed by atoms with Crippen LogP contribution in [0.2, 0.25) is 10.0 Å². The maximum absolute atomic E-state index is 11.8. The molecule has 31 heavy (non-hydrogen) atoms. The highest BCUT2D eigenvalue weighted by atomic mass is 35.5. The third-order valence-corrected chi connectivity index (χ3v) is 4.69. The number of halogens is 2. The summed E-state index contributed by atoms with van der Waals surface area (Å²) in [6, 6.07) is 19.6. The molecule has 0 saturated heterocycles. The first-order valence-electron chi connectivity index (χ1n) is 9.29. The predicted octanol–water partition coefficient (Wildman–Crippen LogP) is 5.11. The van der Waals surface area contributed by atoms with Crippen LogP contribution in [0.1, 0.15) is 11.1 Å². The van der Waals surface area contributed by atoms with E-state index < -0.39 is 0 Å². The van der Waals surface area contributed by atoms with Gasteiger partial charge in [0.15, 0.2) is 18.1 Å². The van der Waals surface area contributed by atoms with E-state index in [1.165, 1.54) is 6.21 Å². The summed E-state index contributed by atoms with van der Waals surface area (Å²) in [5.41, 5.74) is 3.94. The number of para-hydroxylation sites is 1. The first-order chi connectivity index (χ1) is 15.0. The van der Waals surface area contributed by atoms with Gasteiger partial charge in [-0.05, 0) is 48.0 Å². The Bertz CT molecular complexity index is 1060. The second kappa shape index (κ2) is 11.2. The van der Waals surface area contributed by atoms with Gasteiger partial charge in [0.05, 0.1) is 13.3 Å². The molecule has 0 heterocycles. The number of nitrogens with one attached hydrogen (secondary N) is 1. The number of benzene rings is 3. The van der Waals surface area contributed by atoms with Crippen molar-refractivity contribution in [3.8, 4) is 17.2 Å². The molecule has 1 N–H and O–H groups in total. The van der Waals surface area contributed by atoms with E-state index in [2.05, 4.69) is 10.5 Å². The molecule has 0 aliphatic carbocycles. The molecule has 0 radical (unpaired) electrons. The number of hydrogen-bond donors (Lipinski definition) is 1. The van der Waals surface area contributed by atoms with E-state index in [0.717, 1.165) is 11.1 Å². The van der Waals surface area contributed by atoms with Crippen LogP contribution in [0.5, 0.6) is 17.2 Å². The molecule has 8 heteroatoms. The lowest BCUT2D eigenvalue weighted by Crippen LogP contribution is -2.24. The molecule has 0 saturated carbocycles. The Kier molecular flexibility index (Phi) is 8.15. The van der Waals surface area contributed by atoms with Crippen LogP contribution in [-0.4, -0.2) is 25.8 Å². The zero-order valence-corrected chi connectivity index (χ0v) is 18.2. The van der Waals surface area contributed by atoms with Crippen LogP contribution < -0.4 is 19.6 Å². The highest BCUT2D eigenvalue weighted by Gasteiger charge is 2.08. The highest BCUT2D eigenvalue weighted by Crippen LogP contribution is 2.29. The Morgan fingerprint density at radius 3 is 2.55 bits per heavy atom. The van der Waals surface area contributed by atoms with E-state index in [1.54, 1.807) is 49.6 Å². The fraction of sp³-hybridized carbons (Fsp3) is 0.130. The first kappa shape index (κ1) is 22.5. The molecule has 0 aliphatic heterocycles. The van der Waals surface area contributed by atoms with Gasteiger partial charge in [-0.2, -0.15) is 5.10 Å². The molecule has 0 aromatic heterocycles. The first-order valence-corrected chi connectivity index (χ1v) is 10.1. The molecule has 0 atom stereocenters. The van der Waals surface area contributed by atoms with Crippen molar-refractivity contribution in [1.29, 1.82) is 0 Å². The van der Waals surface area contributed by atoms with E-state index in [1.807, 2.05) is 24.3 Å². The number of hydrogen-bond acceptors (Lipinski definition) is 5. The zero-order valence-electron chi connectivity index (χ0n) is 16.7. The van der Waals surface area contributed by atoms with E-state index in [-0.39, 0.29) is 19.1 Å². The second-order valence-corrected chi connectivity index (χ2v) is 7.17. The Hall–Kier alpha value is -3.22. The Labute approximate surface area is 190 Å². The SMILES string of the molecule is COc1cc(/C=N\NC(=O)COc2ccccc2)ccc1OCc1ccc(Cl)cc1Cl. The molecule has 3 aromatic carbocycles. The fourth-order valence-corrected chi connectivity index (χ4v) is 3.02. The van der Waals surface area contributed by atoms with Crippen LogP contribution in [0.4, 0.5) is 0 Å². The largest absolute Gasteiger partial charge is 0.493 e. The average molecular weight is 459 g/mol. The molecule has 3 rings (SSSR count). The highest BCUT2D eigenvalue weighted by molar-refractivity contribution is 6.35. The van der Waals surface area contributed by atoms with Crippen molar-refractivity contribution in [2.45, 2.75) is 6.61 Å². The number of amides is 1. The summed E-state index contributed by atoms with van der Waals surface area (Å²) in [7, 11) is 1.54. The fourth-order valence-electron chi connectivity index (χ4n) is 2.55. The van der Waals surface area contributed by atoms with Gasteiger partial charge in [0.1, 0.15) is 12.4 Å². The smallest absolute Gasteiger partial charge is 0.277 e. The minimum Gasteiger partial charge on any atom is -0.493 e. The standard InChI is InChI=1S/C23H20Cl2N2O4/c1-29-22-11-16(13-26-27-23(28)15-30-19-5-3-2-4-6-19)7-10-21(22)31-14-17-8-9-18(24)12-20(17)25/h2-13H,14-15H2,1H3,(H,27,28)/b26-13-. The van der Waals surface area contributed by atoms with Gasteiger partial charge < -0.3 is 14.2 Å². The summed E-state index contributed by atoms with van der Waals surface area (Å²) in [6.07, 6.45) is 1.50. The van der Waals surface area contributed by atoms with Crippen LogP contribution in [0, 0.1) is 0 Å². The summed E-state index contributed by atoms with van der Waals surface area (Å²) >= 11 is 12.1. The number of ether oxygens (including phenoxy) is 3. The monoisotopic (exact) mass is 458 g/mol. The minimum absolute atomic E-state index is 0.134. The van der Waals surface area contributed by atoms with Gasteiger partial charge in [-0.25, -0.2) is 5.43 Å². The van der Waals surface area contributed by atoms with Crippen molar-refractivity contribution in [3.63, 3.8) is 0 Å².